The first-order valence-corrected chi connectivity index (χ1v) is 5.67. The number of hydroxylamine groups is 1. The number of piperazine rings is 1. The molecule has 0 aromatic rings. The Balaban J connectivity index is 2.31. The number of nitrogens with zero attached hydrogens (tertiary/aromatic N) is 2. The molecule has 1 saturated heterocycles. The zero-order valence-electron chi connectivity index (χ0n) is 10.2. The summed E-state index contributed by atoms with van der Waals surface area (Å²) in [6.07, 6.45) is 0. The molecule has 1 atom stereocenters. The van der Waals surface area contributed by atoms with Crippen LogP contribution in [0.15, 0.2) is 0 Å². The minimum atomic E-state index is -1.12. The van der Waals surface area contributed by atoms with Crippen LogP contribution in [0.1, 0.15) is 13.8 Å². The van der Waals surface area contributed by atoms with E-state index in [1.165, 1.54) is 0 Å². The number of urea groups is 1. The molecule has 7 heteroatoms. The fourth-order valence-electron chi connectivity index (χ4n) is 1.87. The Hall–Kier alpha value is -1.34. The molecule has 1 aliphatic heterocycles. The number of nitrogens with one attached hydrogen (secondary N) is 1. The minimum absolute atomic E-state index is 0.305. The second-order valence-electron chi connectivity index (χ2n) is 4.01. The van der Waals surface area contributed by atoms with E-state index < -0.39 is 12.6 Å². The van der Waals surface area contributed by atoms with Crippen LogP contribution in [-0.2, 0) is 9.63 Å². The Kier molecular flexibility index (Phi) is 5.17. The molecule has 1 rings (SSSR count). The SMILES string of the molecule is CCN1CCN(C(=O)NOCC(=O)O)CC1C. The Morgan fingerprint density at radius 1 is 1.47 bits per heavy atom. The summed E-state index contributed by atoms with van der Waals surface area (Å²) in [6.45, 7) is 6.65. The van der Waals surface area contributed by atoms with Crippen LogP contribution in [0.25, 0.3) is 0 Å². The van der Waals surface area contributed by atoms with Gasteiger partial charge in [0.05, 0.1) is 0 Å². The number of amides is 2. The van der Waals surface area contributed by atoms with Crippen molar-refractivity contribution in [3.8, 4) is 0 Å². The molecule has 2 N–H and O–H groups in total. The van der Waals surface area contributed by atoms with Crippen molar-refractivity contribution in [1.29, 1.82) is 0 Å². The molecular weight excluding hydrogens is 226 g/mol. The summed E-state index contributed by atoms with van der Waals surface area (Å²) in [4.78, 5) is 30.2. The summed E-state index contributed by atoms with van der Waals surface area (Å²) in [5.41, 5.74) is 2.12. The number of hydrogen-bond donors (Lipinski definition) is 2. The average molecular weight is 245 g/mol. The third-order valence-corrected chi connectivity index (χ3v) is 2.81. The Bertz CT molecular complexity index is 285. The maximum atomic E-state index is 11.6. The highest BCUT2D eigenvalue weighted by Crippen LogP contribution is 2.08. The van der Waals surface area contributed by atoms with E-state index in [1.54, 1.807) is 4.90 Å². The number of carbonyl (C=O) groups is 2. The van der Waals surface area contributed by atoms with Gasteiger partial charge < -0.3 is 10.0 Å². The number of aliphatic carboxylic acids is 1. The summed E-state index contributed by atoms with van der Waals surface area (Å²) in [6, 6.07) is -0.0761. The van der Waals surface area contributed by atoms with Crippen LogP contribution in [0.5, 0.6) is 0 Å². The molecule has 98 valence electrons. The number of carboxylic acid groups (broad SMARTS) is 1. The Labute approximate surface area is 100 Å². The average Bonchev–Trinajstić information content (AvgIpc) is 2.28. The molecule has 0 bridgehead atoms. The van der Waals surface area contributed by atoms with Crippen LogP contribution >= 0.6 is 0 Å². The molecule has 0 radical (unpaired) electrons. The molecule has 17 heavy (non-hydrogen) atoms. The second-order valence-corrected chi connectivity index (χ2v) is 4.01. The maximum Gasteiger partial charge on any atom is 0.341 e. The van der Waals surface area contributed by atoms with Crippen molar-refractivity contribution in [2.75, 3.05) is 32.8 Å². The monoisotopic (exact) mass is 245 g/mol. The standard InChI is InChI=1S/C10H19N3O4/c1-3-12-4-5-13(6-8(12)2)10(16)11-17-7-9(14)15/h8H,3-7H2,1-2H3,(H,11,16)(H,14,15). The number of rotatable bonds is 4. The quantitative estimate of drug-likeness (QED) is 0.667. The lowest BCUT2D eigenvalue weighted by Crippen LogP contribution is -2.55. The van der Waals surface area contributed by atoms with E-state index in [4.69, 9.17) is 5.11 Å². The van der Waals surface area contributed by atoms with Crippen LogP contribution in [0.3, 0.4) is 0 Å². The molecular formula is C10H19N3O4. The largest absolute Gasteiger partial charge is 0.479 e. The van der Waals surface area contributed by atoms with Gasteiger partial charge in [0.15, 0.2) is 6.61 Å². The lowest BCUT2D eigenvalue weighted by molar-refractivity contribution is -0.144. The molecule has 2 amide bonds. The van der Waals surface area contributed by atoms with E-state index in [0.717, 1.165) is 13.1 Å². The zero-order valence-corrected chi connectivity index (χ0v) is 10.2. The number of hydrogen-bond acceptors (Lipinski definition) is 4. The number of carbonyl (C=O) groups excluding carboxylic acids is 1. The maximum absolute atomic E-state index is 11.6. The van der Waals surface area contributed by atoms with Crippen LogP contribution in [-0.4, -0.2) is 65.7 Å². The first kappa shape index (κ1) is 13.7. The van der Waals surface area contributed by atoms with Gasteiger partial charge in [-0.25, -0.2) is 15.1 Å². The molecule has 0 spiro atoms. The highest BCUT2D eigenvalue weighted by Gasteiger charge is 2.25. The van der Waals surface area contributed by atoms with Gasteiger partial charge in [-0.1, -0.05) is 6.92 Å². The predicted molar refractivity (Wildman–Crippen MR) is 60.4 cm³/mol. The zero-order chi connectivity index (χ0) is 12.8. The van der Waals surface area contributed by atoms with Gasteiger partial charge in [0, 0.05) is 25.7 Å². The summed E-state index contributed by atoms with van der Waals surface area (Å²) in [5, 5.41) is 8.35. The van der Waals surface area contributed by atoms with Gasteiger partial charge >= 0.3 is 12.0 Å². The van der Waals surface area contributed by atoms with Crippen LogP contribution in [0, 0.1) is 0 Å². The lowest BCUT2D eigenvalue weighted by atomic mass is 10.2. The van der Waals surface area contributed by atoms with Gasteiger partial charge in [0.25, 0.3) is 0 Å². The Morgan fingerprint density at radius 3 is 2.71 bits per heavy atom. The summed E-state index contributed by atoms with van der Waals surface area (Å²) in [7, 11) is 0. The van der Waals surface area contributed by atoms with E-state index in [1.807, 2.05) is 0 Å². The van der Waals surface area contributed by atoms with Gasteiger partial charge in [-0.2, -0.15) is 0 Å². The Morgan fingerprint density at radius 2 is 2.18 bits per heavy atom. The molecule has 1 unspecified atom stereocenters. The predicted octanol–water partition coefficient (Wildman–Crippen LogP) is -0.262. The molecule has 0 aliphatic carbocycles. The fourth-order valence-corrected chi connectivity index (χ4v) is 1.87. The van der Waals surface area contributed by atoms with Gasteiger partial charge in [0.1, 0.15) is 0 Å². The molecule has 0 aromatic heterocycles. The fraction of sp³-hybridized carbons (Fsp3) is 0.800. The van der Waals surface area contributed by atoms with Gasteiger partial charge in [-0.3, -0.25) is 9.74 Å². The molecule has 1 fully saturated rings. The summed E-state index contributed by atoms with van der Waals surface area (Å²) >= 11 is 0. The van der Waals surface area contributed by atoms with Crippen molar-refractivity contribution >= 4 is 12.0 Å². The van der Waals surface area contributed by atoms with Crippen molar-refractivity contribution < 1.29 is 19.5 Å². The van der Waals surface area contributed by atoms with Gasteiger partial charge in [0.2, 0.25) is 0 Å². The van der Waals surface area contributed by atoms with Crippen LogP contribution < -0.4 is 5.48 Å². The lowest BCUT2D eigenvalue weighted by Gasteiger charge is -2.38. The third kappa shape index (κ3) is 4.20. The van der Waals surface area contributed by atoms with Crippen molar-refractivity contribution in [2.24, 2.45) is 0 Å². The minimum Gasteiger partial charge on any atom is -0.479 e. The van der Waals surface area contributed by atoms with Gasteiger partial charge in [-0.15, -0.1) is 0 Å². The van der Waals surface area contributed by atoms with E-state index in [9.17, 15) is 9.59 Å². The van der Waals surface area contributed by atoms with E-state index >= 15 is 0 Å². The highest BCUT2D eigenvalue weighted by molar-refractivity contribution is 5.73. The van der Waals surface area contributed by atoms with E-state index in [2.05, 4.69) is 29.1 Å². The van der Waals surface area contributed by atoms with Crippen molar-refractivity contribution in [1.82, 2.24) is 15.3 Å². The first-order valence-electron chi connectivity index (χ1n) is 5.67. The molecule has 7 nitrogen and oxygen atoms in total. The molecule has 0 saturated carbocycles. The van der Waals surface area contributed by atoms with Gasteiger partial charge in [-0.05, 0) is 13.5 Å². The van der Waals surface area contributed by atoms with Crippen LogP contribution in [0.2, 0.25) is 0 Å². The number of likely N-dealkylation sites (N-methyl/N-ethyl adjacent to an activating group) is 1. The third-order valence-electron chi connectivity index (χ3n) is 2.81. The molecule has 1 heterocycles. The van der Waals surface area contributed by atoms with Crippen molar-refractivity contribution in [2.45, 2.75) is 19.9 Å². The summed E-state index contributed by atoms with van der Waals surface area (Å²) in [5.74, 6) is -1.12. The smallest absolute Gasteiger partial charge is 0.341 e. The van der Waals surface area contributed by atoms with Crippen molar-refractivity contribution in [3.63, 3.8) is 0 Å². The highest BCUT2D eigenvalue weighted by atomic mass is 16.7. The normalized spacial score (nSPS) is 21.3. The second kappa shape index (κ2) is 6.41. The molecule has 1 aliphatic rings. The van der Waals surface area contributed by atoms with Crippen molar-refractivity contribution in [3.05, 3.63) is 0 Å². The topological polar surface area (TPSA) is 82.1 Å². The van der Waals surface area contributed by atoms with E-state index in [0.29, 0.717) is 19.1 Å². The molecule has 0 aromatic carbocycles. The summed E-state index contributed by atoms with van der Waals surface area (Å²) < 4.78 is 0. The van der Waals surface area contributed by atoms with Crippen LogP contribution in [0.4, 0.5) is 4.79 Å². The first-order chi connectivity index (χ1) is 8.04. The van der Waals surface area contributed by atoms with E-state index in [-0.39, 0.29) is 6.03 Å². The number of carboxylic acids is 1.